The topological polar surface area (TPSA) is 88.0 Å². The molecule has 2 aromatic rings. The Kier molecular flexibility index (Phi) is 6.63. The standard InChI is InChI=1S/C17H24N4O4S2/c1-10-12(14(22)18(3)16(24)20(10)5-7-26)9-13-11(2)21(6-8-27)17(25)19(4)15(13)23/h26-27H,5-9H2,1-4H3. The van der Waals surface area contributed by atoms with E-state index in [2.05, 4.69) is 25.3 Å². The molecule has 0 N–H and O–H groups in total. The van der Waals surface area contributed by atoms with Crippen molar-refractivity contribution >= 4 is 25.3 Å². The number of hydrogen-bond donors (Lipinski definition) is 2. The average molecular weight is 413 g/mol. The molecule has 0 spiro atoms. The summed E-state index contributed by atoms with van der Waals surface area (Å²) in [6.07, 6.45) is 0.0384. The zero-order valence-corrected chi connectivity index (χ0v) is 17.6. The van der Waals surface area contributed by atoms with Crippen molar-refractivity contribution in [1.82, 2.24) is 18.3 Å². The highest BCUT2D eigenvalue weighted by Gasteiger charge is 2.20. The van der Waals surface area contributed by atoms with Gasteiger partial charge in [0.25, 0.3) is 11.1 Å². The Bertz CT molecular complexity index is 1020. The summed E-state index contributed by atoms with van der Waals surface area (Å²) in [5.74, 6) is 0.873. The molecule has 0 atom stereocenters. The van der Waals surface area contributed by atoms with Gasteiger partial charge in [-0.05, 0) is 13.8 Å². The molecule has 0 radical (unpaired) electrons. The van der Waals surface area contributed by atoms with E-state index in [0.717, 1.165) is 9.13 Å². The van der Waals surface area contributed by atoms with Crippen LogP contribution in [-0.4, -0.2) is 29.8 Å². The molecule has 2 aromatic heterocycles. The lowest BCUT2D eigenvalue weighted by Crippen LogP contribution is -2.44. The van der Waals surface area contributed by atoms with Crippen LogP contribution in [-0.2, 0) is 33.6 Å². The Morgan fingerprint density at radius 3 is 1.33 bits per heavy atom. The summed E-state index contributed by atoms with van der Waals surface area (Å²) in [5, 5.41) is 0. The lowest BCUT2D eigenvalue weighted by Gasteiger charge is -2.17. The van der Waals surface area contributed by atoms with Gasteiger partial charge in [-0.3, -0.25) is 27.9 Å². The molecule has 0 bridgehead atoms. The zero-order chi connectivity index (χ0) is 20.5. The Morgan fingerprint density at radius 1 is 0.704 bits per heavy atom. The second-order valence-electron chi connectivity index (χ2n) is 6.35. The van der Waals surface area contributed by atoms with Crippen LogP contribution in [0.5, 0.6) is 0 Å². The normalized spacial score (nSPS) is 11.2. The molecular formula is C17H24N4O4S2. The molecule has 2 heterocycles. The molecule has 8 nitrogen and oxygen atoms in total. The summed E-state index contributed by atoms with van der Waals surface area (Å²) >= 11 is 8.34. The largest absolute Gasteiger partial charge is 0.330 e. The monoisotopic (exact) mass is 412 g/mol. The van der Waals surface area contributed by atoms with Crippen LogP contribution in [0.4, 0.5) is 0 Å². The third kappa shape index (κ3) is 3.73. The maximum atomic E-state index is 12.7. The van der Waals surface area contributed by atoms with Crippen molar-refractivity contribution in [2.24, 2.45) is 14.1 Å². The SMILES string of the molecule is Cc1c(Cc2c(C)n(CCS)c(=O)n(C)c2=O)c(=O)n(C)c(=O)n1CCS. The highest BCUT2D eigenvalue weighted by molar-refractivity contribution is 7.80. The first kappa shape index (κ1) is 21.4. The van der Waals surface area contributed by atoms with Gasteiger partial charge in [-0.15, -0.1) is 0 Å². The third-order valence-corrected chi connectivity index (χ3v) is 5.25. The second kappa shape index (κ2) is 8.39. The summed E-state index contributed by atoms with van der Waals surface area (Å²) in [5.41, 5.74) is 0.00368. The number of aromatic nitrogens is 4. The van der Waals surface area contributed by atoms with Gasteiger partial charge in [-0.1, -0.05) is 0 Å². The molecular weight excluding hydrogens is 388 g/mol. The Morgan fingerprint density at radius 2 is 1.04 bits per heavy atom. The van der Waals surface area contributed by atoms with Gasteiger partial charge in [0.05, 0.1) is 0 Å². The van der Waals surface area contributed by atoms with Gasteiger partial charge in [0.2, 0.25) is 0 Å². The lowest BCUT2D eigenvalue weighted by atomic mass is 10.0. The minimum absolute atomic E-state index is 0.0384. The molecule has 0 fully saturated rings. The maximum absolute atomic E-state index is 12.7. The molecule has 0 amide bonds. The van der Waals surface area contributed by atoms with E-state index in [1.165, 1.54) is 23.2 Å². The lowest BCUT2D eigenvalue weighted by molar-refractivity contribution is 0.592. The predicted molar refractivity (Wildman–Crippen MR) is 112 cm³/mol. The highest BCUT2D eigenvalue weighted by atomic mass is 32.1. The van der Waals surface area contributed by atoms with Crippen molar-refractivity contribution < 1.29 is 0 Å². The van der Waals surface area contributed by atoms with Gasteiger partial charge in [-0.25, -0.2) is 9.59 Å². The van der Waals surface area contributed by atoms with E-state index in [-0.39, 0.29) is 6.42 Å². The highest BCUT2D eigenvalue weighted by Crippen LogP contribution is 2.10. The second-order valence-corrected chi connectivity index (χ2v) is 7.24. The van der Waals surface area contributed by atoms with E-state index in [0.29, 0.717) is 47.1 Å². The van der Waals surface area contributed by atoms with Crippen molar-refractivity contribution in [1.29, 1.82) is 0 Å². The van der Waals surface area contributed by atoms with Gasteiger partial charge in [-0.2, -0.15) is 25.3 Å². The molecule has 0 aliphatic rings. The molecule has 0 aliphatic carbocycles. The molecule has 148 valence electrons. The van der Waals surface area contributed by atoms with E-state index < -0.39 is 22.5 Å². The van der Waals surface area contributed by atoms with Crippen molar-refractivity contribution in [3.8, 4) is 0 Å². The quantitative estimate of drug-likeness (QED) is 0.625. The van der Waals surface area contributed by atoms with E-state index in [9.17, 15) is 19.2 Å². The molecule has 0 aliphatic heterocycles. The van der Waals surface area contributed by atoms with Crippen LogP contribution in [0.15, 0.2) is 19.2 Å². The van der Waals surface area contributed by atoms with E-state index in [4.69, 9.17) is 0 Å². The first-order chi connectivity index (χ1) is 12.7. The van der Waals surface area contributed by atoms with Gasteiger partial charge >= 0.3 is 11.4 Å². The summed E-state index contributed by atoms with van der Waals surface area (Å²) in [7, 11) is 2.82. The molecule has 2 rings (SSSR count). The van der Waals surface area contributed by atoms with Crippen LogP contribution in [0.2, 0.25) is 0 Å². The molecule has 10 heteroatoms. The maximum Gasteiger partial charge on any atom is 0.330 e. The van der Waals surface area contributed by atoms with Crippen molar-refractivity contribution in [2.45, 2.75) is 33.4 Å². The van der Waals surface area contributed by atoms with E-state index >= 15 is 0 Å². The average Bonchev–Trinajstić information content (AvgIpc) is 2.65. The van der Waals surface area contributed by atoms with E-state index in [1.54, 1.807) is 13.8 Å². The molecule has 0 saturated heterocycles. The Labute approximate surface area is 166 Å². The Hall–Kier alpha value is -1.94. The minimum Gasteiger partial charge on any atom is -0.297 e. The van der Waals surface area contributed by atoms with Crippen LogP contribution in [0.1, 0.15) is 22.5 Å². The number of nitrogens with zero attached hydrogens (tertiary/aromatic N) is 4. The van der Waals surface area contributed by atoms with Crippen molar-refractivity contribution in [3.05, 3.63) is 64.2 Å². The summed E-state index contributed by atoms with van der Waals surface area (Å²) in [6, 6.07) is 0. The summed E-state index contributed by atoms with van der Waals surface area (Å²) in [6.45, 7) is 4.08. The van der Waals surface area contributed by atoms with Crippen LogP contribution >= 0.6 is 25.3 Å². The van der Waals surface area contributed by atoms with Crippen LogP contribution in [0.3, 0.4) is 0 Å². The molecule has 0 unspecified atom stereocenters. The van der Waals surface area contributed by atoms with Crippen molar-refractivity contribution in [3.63, 3.8) is 0 Å². The van der Waals surface area contributed by atoms with Crippen LogP contribution < -0.4 is 22.5 Å². The van der Waals surface area contributed by atoms with Crippen molar-refractivity contribution in [2.75, 3.05) is 11.5 Å². The van der Waals surface area contributed by atoms with Crippen LogP contribution in [0, 0.1) is 13.8 Å². The van der Waals surface area contributed by atoms with Gasteiger partial charge < -0.3 is 0 Å². The fraction of sp³-hybridized carbons (Fsp3) is 0.529. The third-order valence-electron chi connectivity index (χ3n) is 4.85. The van der Waals surface area contributed by atoms with Crippen LogP contribution in [0.25, 0.3) is 0 Å². The first-order valence-corrected chi connectivity index (χ1v) is 9.74. The van der Waals surface area contributed by atoms with E-state index in [1.807, 2.05) is 0 Å². The summed E-state index contributed by atoms with van der Waals surface area (Å²) in [4.78, 5) is 50.1. The van der Waals surface area contributed by atoms with Gasteiger partial charge in [0.1, 0.15) is 0 Å². The molecule has 0 aromatic carbocycles. The number of rotatable bonds is 6. The van der Waals surface area contributed by atoms with Gasteiger partial charge in [0.15, 0.2) is 0 Å². The van der Waals surface area contributed by atoms with Gasteiger partial charge in [0, 0.05) is 67.6 Å². The summed E-state index contributed by atoms with van der Waals surface area (Å²) < 4.78 is 5.03. The Balaban J connectivity index is 2.79. The predicted octanol–water partition coefficient (Wildman–Crippen LogP) is -0.525. The number of hydrogen-bond acceptors (Lipinski definition) is 6. The number of thiol groups is 2. The fourth-order valence-corrected chi connectivity index (χ4v) is 3.57. The first-order valence-electron chi connectivity index (χ1n) is 8.47. The zero-order valence-electron chi connectivity index (χ0n) is 15.9. The smallest absolute Gasteiger partial charge is 0.297 e. The molecule has 0 saturated carbocycles. The minimum atomic E-state index is -0.443. The molecule has 27 heavy (non-hydrogen) atoms. The fourth-order valence-electron chi connectivity index (χ4n) is 3.17.